The van der Waals surface area contributed by atoms with E-state index in [4.69, 9.17) is 9.47 Å². The number of amides is 1. The number of rotatable bonds is 6. The molecule has 0 aromatic heterocycles. The number of ether oxygens (including phenoxy) is 2. The molecule has 2 aromatic carbocycles. The molecule has 0 bridgehead atoms. The van der Waals surface area contributed by atoms with Crippen molar-refractivity contribution < 1.29 is 14.3 Å². The van der Waals surface area contributed by atoms with Crippen LogP contribution < -0.4 is 25.4 Å². The van der Waals surface area contributed by atoms with E-state index in [0.717, 1.165) is 50.1 Å². The first-order chi connectivity index (χ1) is 15.7. The van der Waals surface area contributed by atoms with E-state index in [2.05, 4.69) is 28.1 Å². The molecule has 3 aliphatic heterocycles. The third-order valence-corrected chi connectivity index (χ3v) is 7.23. The number of thioether (sulfide) groups is 1. The SMILES string of the molecule is O=C(NCC1CCCNC1)C1(Oc2ccc3c(c2)CC[C@@H](c2ccccc2)O3)NC=CS1. The van der Waals surface area contributed by atoms with Gasteiger partial charge in [-0.2, -0.15) is 0 Å². The summed E-state index contributed by atoms with van der Waals surface area (Å²) in [7, 11) is 0. The van der Waals surface area contributed by atoms with Gasteiger partial charge in [0.1, 0.15) is 17.6 Å². The molecule has 2 aromatic rings. The summed E-state index contributed by atoms with van der Waals surface area (Å²) in [5.74, 6) is 1.84. The van der Waals surface area contributed by atoms with Gasteiger partial charge in [0.05, 0.1) is 0 Å². The summed E-state index contributed by atoms with van der Waals surface area (Å²) in [6.07, 6.45) is 5.93. The number of piperidine rings is 1. The molecule has 32 heavy (non-hydrogen) atoms. The minimum atomic E-state index is -1.18. The monoisotopic (exact) mass is 451 g/mol. The van der Waals surface area contributed by atoms with Gasteiger partial charge in [-0.25, -0.2) is 0 Å². The fourth-order valence-corrected chi connectivity index (χ4v) is 5.26. The fourth-order valence-electron chi connectivity index (χ4n) is 4.47. The third kappa shape index (κ3) is 4.59. The van der Waals surface area contributed by atoms with Gasteiger partial charge in [-0.05, 0) is 79.4 Å². The molecular formula is C25H29N3O3S. The molecule has 1 saturated heterocycles. The van der Waals surface area contributed by atoms with Crippen LogP contribution in [0.4, 0.5) is 0 Å². The number of carbonyl (C=O) groups is 1. The highest BCUT2D eigenvalue weighted by Crippen LogP contribution is 2.39. The lowest BCUT2D eigenvalue weighted by Crippen LogP contribution is -2.56. The first-order valence-corrected chi connectivity index (χ1v) is 12.2. The quantitative estimate of drug-likeness (QED) is 0.622. The molecule has 168 valence electrons. The fraction of sp³-hybridized carbons (Fsp3) is 0.400. The van der Waals surface area contributed by atoms with Crippen LogP contribution in [-0.4, -0.2) is 30.6 Å². The third-order valence-electron chi connectivity index (χ3n) is 6.23. The van der Waals surface area contributed by atoms with Crippen molar-refractivity contribution in [2.75, 3.05) is 19.6 Å². The lowest BCUT2D eigenvalue weighted by Gasteiger charge is -2.31. The molecule has 5 rings (SSSR count). The molecule has 1 amide bonds. The predicted molar refractivity (Wildman–Crippen MR) is 126 cm³/mol. The van der Waals surface area contributed by atoms with Crippen LogP contribution in [-0.2, 0) is 11.2 Å². The van der Waals surface area contributed by atoms with Gasteiger partial charge in [0.15, 0.2) is 0 Å². The van der Waals surface area contributed by atoms with Gasteiger partial charge in [0.2, 0.25) is 0 Å². The van der Waals surface area contributed by atoms with Crippen LogP contribution in [0.5, 0.6) is 11.5 Å². The van der Waals surface area contributed by atoms with Gasteiger partial charge in [-0.15, -0.1) is 0 Å². The van der Waals surface area contributed by atoms with E-state index < -0.39 is 5.06 Å². The van der Waals surface area contributed by atoms with E-state index in [9.17, 15) is 4.79 Å². The van der Waals surface area contributed by atoms with E-state index >= 15 is 0 Å². The summed E-state index contributed by atoms with van der Waals surface area (Å²) in [6, 6.07) is 16.1. The summed E-state index contributed by atoms with van der Waals surface area (Å²) < 4.78 is 12.5. The molecule has 3 N–H and O–H groups in total. The summed E-state index contributed by atoms with van der Waals surface area (Å²) in [5.41, 5.74) is 2.30. The topological polar surface area (TPSA) is 71.6 Å². The van der Waals surface area contributed by atoms with Crippen LogP contribution in [0.15, 0.2) is 60.1 Å². The van der Waals surface area contributed by atoms with Crippen LogP contribution in [0, 0.1) is 5.92 Å². The molecule has 0 saturated carbocycles. The molecule has 6 nitrogen and oxygen atoms in total. The van der Waals surface area contributed by atoms with Crippen molar-refractivity contribution in [3.8, 4) is 11.5 Å². The van der Waals surface area contributed by atoms with E-state index in [-0.39, 0.29) is 12.0 Å². The summed E-state index contributed by atoms with van der Waals surface area (Å²) in [4.78, 5) is 13.1. The van der Waals surface area contributed by atoms with E-state index in [1.54, 1.807) is 6.20 Å². The smallest absolute Gasteiger partial charge is 0.313 e. The lowest BCUT2D eigenvalue weighted by molar-refractivity contribution is -0.131. The number of hydrogen-bond acceptors (Lipinski definition) is 6. The van der Waals surface area contributed by atoms with Gasteiger partial charge >= 0.3 is 5.06 Å². The number of nitrogens with one attached hydrogen (secondary N) is 3. The Labute approximate surface area is 193 Å². The maximum atomic E-state index is 13.1. The average molecular weight is 452 g/mol. The van der Waals surface area contributed by atoms with E-state index in [1.165, 1.54) is 17.3 Å². The standard InChI is InChI=1S/C25H29N3O3S/c29-24(27-17-18-5-4-12-26-16-18)25(28-13-14-32-25)31-21-9-11-23-20(15-21)8-10-22(30-23)19-6-2-1-3-7-19/h1-3,6-7,9,11,13-15,18,22,26,28H,4-5,8,10,12,16-17H2,(H,27,29)/t18?,22-,25?/m0/s1. The minimum absolute atomic E-state index is 0.0677. The highest BCUT2D eigenvalue weighted by molar-refractivity contribution is 8.04. The first kappa shape index (κ1) is 21.2. The molecule has 1 fully saturated rings. The highest BCUT2D eigenvalue weighted by atomic mass is 32.2. The predicted octanol–water partition coefficient (Wildman–Crippen LogP) is 3.71. The number of carbonyl (C=O) groups excluding carboxylic acids is 1. The van der Waals surface area contributed by atoms with Gasteiger partial charge in [-0.1, -0.05) is 42.1 Å². The summed E-state index contributed by atoms with van der Waals surface area (Å²) in [5, 5.41) is 10.3. The van der Waals surface area contributed by atoms with Gasteiger partial charge < -0.3 is 25.4 Å². The molecule has 3 atom stereocenters. The first-order valence-electron chi connectivity index (χ1n) is 11.3. The Morgan fingerprint density at radius 3 is 2.91 bits per heavy atom. The lowest BCUT2D eigenvalue weighted by atomic mass is 9.97. The van der Waals surface area contributed by atoms with Crippen molar-refractivity contribution in [2.45, 2.75) is 36.8 Å². The van der Waals surface area contributed by atoms with Crippen LogP contribution in [0.25, 0.3) is 0 Å². The maximum Gasteiger partial charge on any atom is 0.313 e. The number of hydrogen-bond donors (Lipinski definition) is 3. The zero-order chi connectivity index (χ0) is 21.8. The number of aryl methyl sites for hydroxylation is 1. The van der Waals surface area contributed by atoms with E-state index in [1.807, 2.05) is 41.8 Å². The Bertz CT molecular complexity index is 968. The average Bonchev–Trinajstić information content (AvgIpc) is 3.33. The molecule has 3 aliphatic rings. The Morgan fingerprint density at radius 2 is 2.12 bits per heavy atom. The molecular weight excluding hydrogens is 422 g/mol. The maximum absolute atomic E-state index is 13.1. The second-order valence-electron chi connectivity index (χ2n) is 8.53. The van der Waals surface area contributed by atoms with Gasteiger partial charge in [-0.3, -0.25) is 4.79 Å². The van der Waals surface area contributed by atoms with Crippen molar-refractivity contribution in [1.29, 1.82) is 0 Å². The van der Waals surface area contributed by atoms with Crippen molar-refractivity contribution >= 4 is 17.7 Å². The zero-order valence-electron chi connectivity index (χ0n) is 18.0. The second kappa shape index (κ2) is 9.46. The Kier molecular flexibility index (Phi) is 6.28. The van der Waals surface area contributed by atoms with Crippen molar-refractivity contribution in [2.24, 2.45) is 5.92 Å². The molecule has 2 unspecified atom stereocenters. The summed E-state index contributed by atoms with van der Waals surface area (Å²) in [6.45, 7) is 2.66. The Balaban J connectivity index is 1.25. The van der Waals surface area contributed by atoms with Crippen molar-refractivity contribution in [3.05, 3.63) is 71.3 Å². The van der Waals surface area contributed by atoms with Gasteiger partial charge in [0.25, 0.3) is 5.91 Å². The largest absolute Gasteiger partial charge is 0.485 e. The number of fused-ring (bicyclic) bond motifs is 1. The Morgan fingerprint density at radius 1 is 1.22 bits per heavy atom. The van der Waals surface area contributed by atoms with Crippen LogP contribution >= 0.6 is 11.8 Å². The normalized spacial score (nSPS) is 26.5. The van der Waals surface area contributed by atoms with Gasteiger partial charge in [0, 0.05) is 12.7 Å². The molecule has 3 heterocycles. The van der Waals surface area contributed by atoms with Crippen molar-refractivity contribution in [1.82, 2.24) is 16.0 Å². The minimum Gasteiger partial charge on any atom is -0.485 e. The molecule has 7 heteroatoms. The second-order valence-corrected chi connectivity index (χ2v) is 9.61. The van der Waals surface area contributed by atoms with Crippen molar-refractivity contribution in [3.63, 3.8) is 0 Å². The highest BCUT2D eigenvalue weighted by Gasteiger charge is 2.43. The molecule has 0 aliphatic carbocycles. The Hall–Kier alpha value is -2.64. The van der Waals surface area contributed by atoms with Crippen LogP contribution in [0.2, 0.25) is 0 Å². The summed E-state index contributed by atoms with van der Waals surface area (Å²) >= 11 is 1.34. The van der Waals surface area contributed by atoms with Crippen LogP contribution in [0.3, 0.4) is 0 Å². The molecule has 0 spiro atoms. The zero-order valence-corrected chi connectivity index (χ0v) is 18.8. The molecule has 0 radical (unpaired) electrons. The number of benzene rings is 2. The van der Waals surface area contributed by atoms with E-state index in [0.29, 0.717) is 18.2 Å². The van der Waals surface area contributed by atoms with Crippen LogP contribution in [0.1, 0.15) is 36.5 Å².